The van der Waals surface area contributed by atoms with Crippen LogP contribution in [0.4, 0.5) is 0 Å². The molecule has 0 aliphatic rings. The number of methoxy groups -OCH3 is 1. The van der Waals surface area contributed by atoms with Gasteiger partial charge in [0.2, 0.25) is 0 Å². The minimum atomic E-state index is -0.0738. The molecular weight excluding hydrogens is 254 g/mol. The van der Waals surface area contributed by atoms with Crippen LogP contribution >= 0.6 is 0 Å². The lowest BCUT2D eigenvalue weighted by Crippen LogP contribution is -2.42. The summed E-state index contributed by atoms with van der Waals surface area (Å²) in [6, 6.07) is 3.75. The average molecular weight is 281 g/mol. The molecule has 0 atom stereocenters. The Hall–Kier alpha value is -1.33. The molecule has 1 aromatic heterocycles. The van der Waals surface area contributed by atoms with E-state index in [1.165, 1.54) is 0 Å². The van der Waals surface area contributed by atoms with E-state index in [0.717, 1.165) is 0 Å². The largest absolute Gasteiger partial charge is 0.383 e. The number of carbonyl (C=O) groups is 1. The van der Waals surface area contributed by atoms with Gasteiger partial charge in [-0.15, -0.1) is 0 Å². The zero-order valence-electron chi connectivity index (χ0n) is 13.1. The van der Waals surface area contributed by atoms with Crippen molar-refractivity contribution in [2.24, 2.45) is 11.1 Å². The van der Waals surface area contributed by atoms with E-state index in [1.807, 2.05) is 34.7 Å². The van der Waals surface area contributed by atoms with E-state index in [-0.39, 0.29) is 11.3 Å². The Bertz CT molecular complexity index is 427. The van der Waals surface area contributed by atoms with Crippen molar-refractivity contribution in [3.8, 4) is 0 Å². The molecule has 5 heteroatoms. The summed E-state index contributed by atoms with van der Waals surface area (Å²) in [5.41, 5.74) is 6.40. The Labute approximate surface area is 121 Å². The Kier molecular flexibility index (Phi) is 6.23. The lowest BCUT2D eigenvalue weighted by atomic mass is 9.93. The van der Waals surface area contributed by atoms with Gasteiger partial charge in [-0.2, -0.15) is 0 Å². The molecule has 0 saturated carbocycles. The fraction of sp³-hybridized carbons (Fsp3) is 0.667. The smallest absolute Gasteiger partial charge is 0.270 e. The zero-order valence-corrected chi connectivity index (χ0v) is 13.1. The highest BCUT2D eigenvalue weighted by Crippen LogP contribution is 2.17. The third-order valence-corrected chi connectivity index (χ3v) is 3.43. The van der Waals surface area contributed by atoms with Gasteiger partial charge in [-0.1, -0.05) is 13.8 Å². The molecule has 1 heterocycles. The average Bonchev–Trinajstić information content (AvgIpc) is 2.90. The molecule has 0 fully saturated rings. The number of carbonyl (C=O) groups excluding carboxylic acids is 1. The Morgan fingerprint density at radius 1 is 1.50 bits per heavy atom. The zero-order chi connectivity index (χ0) is 15.2. The maximum Gasteiger partial charge on any atom is 0.270 e. The minimum Gasteiger partial charge on any atom is -0.383 e. The second-order valence-electron chi connectivity index (χ2n) is 5.77. The minimum absolute atomic E-state index is 0.0510. The molecule has 20 heavy (non-hydrogen) atoms. The predicted molar refractivity (Wildman–Crippen MR) is 80.7 cm³/mol. The first-order chi connectivity index (χ1) is 9.45. The molecule has 5 nitrogen and oxygen atoms in total. The third kappa shape index (κ3) is 4.35. The van der Waals surface area contributed by atoms with Gasteiger partial charge in [-0.05, 0) is 31.0 Å². The molecule has 2 N–H and O–H groups in total. The lowest BCUT2D eigenvalue weighted by molar-refractivity contribution is 0.0687. The van der Waals surface area contributed by atoms with Gasteiger partial charge < -0.3 is 19.9 Å². The van der Waals surface area contributed by atoms with E-state index >= 15 is 0 Å². The van der Waals surface area contributed by atoms with Crippen LogP contribution in [0.15, 0.2) is 18.3 Å². The van der Waals surface area contributed by atoms with Gasteiger partial charge in [0.15, 0.2) is 0 Å². The van der Waals surface area contributed by atoms with Crippen LogP contribution in [0.5, 0.6) is 0 Å². The molecule has 1 aromatic rings. The van der Waals surface area contributed by atoms with Crippen LogP contribution in [-0.2, 0) is 11.3 Å². The summed E-state index contributed by atoms with van der Waals surface area (Å²) in [6.07, 6.45) is 1.91. The van der Waals surface area contributed by atoms with Crippen molar-refractivity contribution in [1.82, 2.24) is 9.47 Å². The Morgan fingerprint density at radius 3 is 2.75 bits per heavy atom. The maximum atomic E-state index is 12.6. The van der Waals surface area contributed by atoms with Gasteiger partial charge in [0.25, 0.3) is 5.91 Å². The first-order valence-electron chi connectivity index (χ1n) is 7.08. The third-order valence-electron chi connectivity index (χ3n) is 3.43. The van der Waals surface area contributed by atoms with Crippen LogP contribution in [0.1, 0.15) is 31.3 Å². The Balaban J connectivity index is 2.83. The molecule has 0 aromatic carbocycles. The van der Waals surface area contributed by atoms with Crippen molar-refractivity contribution < 1.29 is 9.53 Å². The molecule has 0 aliphatic heterocycles. The SMILES string of the molecule is CCN(CC(C)(C)CN)C(=O)c1cccn1CCOC. The summed E-state index contributed by atoms with van der Waals surface area (Å²) in [6.45, 7) is 9.32. The lowest BCUT2D eigenvalue weighted by Gasteiger charge is -2.31. The van der Waals surface area contributed by atoms with Crippen molar-refractivity contribution in [1.29, 1.82) is 0 Å². The van der Waals surface area contributed by atoms with Crippen molar-refractivity contribution >= 4 is 5.91 Å². The molecule has 0 aliphatic carbocycles. The standard InChI is InChI=1S/C15H27N3O2/c1-5-17(12-15(2,3)11-16)14(19)13-7-6-8-18(13)9-10-20-4/h6-8H,5,9-12,16H2,1-4H3. The van der Waals surface area contributed by atoms with E-state index in [9.17, 15) is 4.79 Å². The number of aromatic nitrogens is 1. The monoisotopic (exact) mass is 281 g/mol. The highest BCUT2D eigenvalue weighted by Gasteiger charge is 2.24. The summed E-state index contributed by atoms with van der Waals surface area (Å²) in [5.74, 6) is 0.0510. The van der Waals surface area contributed by atoms with Crippen LogP contribution in [0.2, 0.25) is 0 Å². The van der Waals surface area contributed by atoms with E-state index in [2.05, 4.69) is 13.8 Å². The normalized spacial score (nSPS) is 11.7. The summed E-state index contributed by atoms with van der Waals surface area (Å²) in [5, 5.41) is 0. The van der Waals surface area contributed by atoms with Gasteiger partial charge in [-0.25, -0.2) is 0 Å². The fourth-order valence-electron chi connectivity index (χ4n) is 2.06. The van der Waals surface area contributed by atoms with E-state index in [1.54, 1.807) is 7.11 Å². The van der Waals surface area contributed by atoms with Gasteiger partial charge in [-0.3, -0.25) is 4.79 Å². The Morgan fingerprint density at radius 2 is 2.20 bits per heavy atom. The number of amides is 1. The van der Waals surface area contributed by atoms with E-state index < -0.39 is 0 Å². The van der Waals surface area contributed by atoms with E-state index in [4.69, 9.17) is 10.5 Å². The molecular formula is C15H27N3O2. The van der Waals surface area contributed by atoms with Crippen LogP contribution < -0.4 is 5.73 Å². The predicted octanol–water partition coefficient (Wildman–Crippen LogP) is 1.58. The van der Waals surface area contributed by atoms with Gasteiger partial charge in [0, 0.05) is 32.9 Å². The molecule has 0 radical (unpaired) electrons. The second-order valence-corrected chi connectivity index (χ2v) is 5.77. The highest BCUT2D eigenvalue weighted by molar-refractivity contribution is 5.92. The molecule has 114 valence electrons. The maximum absolute atomic E-state index is 12.6. The molecule has 0 bridgehead atoms. The summed E-state index contributed by atoms with van der Waals surface area (Å²) in [4.78, 5) is 14.5. The van der Waals surface area contributed by atoms with Crippen molar-refractivity contribution in [3.63, 3.8) is 0 Å². The van der Waals surface area contributed by atoms with Crippen molar-refractivity contribution in [3.05, 3.63) is 24.0 Å². The highest BCUT2D eigenvalue weighted by atomic mass is 16.5. The van der Waals surface area contributed by atoms with E-state index in [0.29, 0.717) is 38.5 Å². The van der Waals surface area contributed by atoms with Gasteiger partial charge in [0.05, 0.1) is 6.61 Å². The van der Waals surface area contributed by atoms with Gasteiger partial charge in [0.1, 0.15) is 5.69 Å². The quantitative estimate of drug-likeness (QED) is 0.787. The molecule has 1 rings (SSSR count). The number of hydrogen-bond donors (Lipinski definition) is 1. The first-order valence-corrected chi connectivity index (χ1v) is 7.08. The summed E-state index contributed by atoms with van der Waals surface area (Å²) >= 11 is 0. The van der Waals surface area contributed by atoms with Crippen LogP contribution in [0.3, 0.4) is 0 Å². The van der Waals surface area contributed by atoms with Crippen molar-refractivity contribution in [2.45, 2.75) is 27.3 Å². The molecule has 1 amide bonds. The van der Waals surface area contributed by atoms with Crippen LogP contribution in [0, 0.1) is 5.41 Å². The number of nitrogens with two attached hydrogens (primary N) is 1. The van der Waals surface area contributed by atoms with Crippen LogP contribution in [-0.4, -0.2) is 48.7 Å². The fourth-order valence-corrected chi connectivity index (χ4v) is 2.06. The number of hydrogen-bond acceptors (Lipinski definition) is 3. The number of nitrogens with zero attached hydrogens (tertiary/aromatic N) is 2. The topological polar surface area (TPSA) is 60.5 Å². The molecule has 0 saturated heterocycles. The number of rotatable bonds is 8. The summed E-state index contributed by atoms with van der Waals surface area (Å²) in [7, 11) is 1.66. The number of ether oxygens (including phenoxy) is 1. The van der Waals surface area contributed by atoms with Crippen molar-refractivity contribution in [2.75, 3.05) is 33.4 Å². The second kappa shape index (κ2) is 7.45. The molecule has 0 spiro atoms. The van der Waals surface area contributed by atoms with Crippen LogP contribution in [0.25, 0.3) is 0 Å². The van der Waals surface area contributed by atoms with Gasteiger partial charge >= 0.3 is 0 Å². The first kappa shape index (κ1) is 16.7. The summed E-state index contributed by atoms with van der Waals surface area (Å²) < 4.78 is 7.01. The molecule has 0 unspecified atom stereocenters.